The Morgan fingerprint density at radius 1 is 1.19 bits per heavy atom. The van der Waals surface area contributed by atoms with Gasteiger partial charge in [0.25, 0.3) is 0 Å². The van der Waals surface area contributed by atoms with Crippen LogP contribution in [0.5, 0.6) is 0 Å². The molecule has 0 bridgehead atoms. The number of halogens is 3. The molecule has 2 fully saturated rings. The molecule has 1 saturated carbocycles. The second kappa shape index (κ2) is 7.36. The van der Waals surface area contributed by atoms with Gasteiger partial charge in [0.15, 0.2) is 9.84 Å². The second-order valence-electron chi connectivity index (χ2n) is 6.62. The average Bonchev–Trinajstić information content (AvgIpc) is 3.11. The van der Waals surface area contributed by atoms with Crippen molar-refractivity contribution in [3.05, 3.63) is 23.8 Å². The van der Waals surface area contributed by atoms with Gasteiger partial charge in [-0.2, -0.15) is 13.2 Å². The first-order valence-electron chi connectivity index (χ1n) is 8.54. The molecule has 1 saturated heterocycles. The van der Waals surface area contributed by atoms with Gasteiger partial charge in [-0.05, 0) is 37.5 Å². The molecule has 26 heavy (non-hydrogen) atoms. The molecule has 2 atom stereocenters. The van der Waals surface area contributed by atoms with Gasteiger partial charge >= 0.3 is 6.18 Å². The van der Waals surface area contributed by atoms with Crippen LogP contribution in [-0.2, 0) is 25.5 Å². The first kappa shape index (κ1) is 19.4. The number of rotatable bonds is 4. The topological polar surface area (TPSA) is 55.8 Å². The summed E-state index contributed by atoms with van der Waals surface area (Å²) in [5.41, 5.74) is -0.733. The summed E-state index contributed by atoms with van der Waals surface area (Å²) in [7, 11) is -2.60. The molecule has 2 aliphatic rings. The maximum Gasteiger partial charge on any atom is 0.417 e. The molecule has 0 radical (unpaired) electrons. The number of alkyl halides is 3. The molecule has 0 spiro atoms. The van der Waals surface area contributed by atoms with Crippen molar-refractivity contribution >= 4 is 15.5 Å². The van der Waals surface area contributed by atoms with Crippen LogP contribution in [0.25, 0.3) is 0 Å². The molecule has 5 nitrogen and oxygen atoms in total. The maximum absolute atomic E-state index is 13.6. The molecule has 0 N–H and O–H groups in total. The number of methoxy groups -OCH3 is 1. The summed E-state index contributed by atoms with van der Waals surface area (Å²) in [5, 5.41) is -0.845. The molecular formula is C17H22F3NO4S. The minimum absolute atomic E-state index is 0.224. The fourth-order valence-corrected chi connectivity index (χ4v) is 5.59. The fraction of sp³-hybridized carbons (Fsp3) is 0.647. The molecular weight excluding hydrogens is 371 g/mol. The molecule has 1 aliphatic carbocycles. The van der Waals surface area contributed by atoms with Crippen molar-refractivity contribution in [3.8, 4) is 0 Å². The van der Waals surface area contributed by atoms with Crippen LogP contribution in [0, 0.1) is 0 Å². The summed E-state index contributed by atoms with van der Waals surface area (Å²) in [6, 6.07) is 3.50. The molecule has 1 heterocycles. The van der Waals surface area contributed by atoms with E-state index in [0.717, 1.165) is 12.1 Å². The van der Waals surface area contributed by atoms with Crippen molar-refractivity contribution in [1.82, 2.24) is 0 Å². The van der Waals surface area contributed by atoms with Crippen LogP contribution in [0.2, 0.25) is 0 Å². The van der Waals surface area contributed by atoms with E-state index in [1.54, 1.807) is 4.90 Å². The monoisotopic (exact) mass is 393 g/mol. The van der Waals surface area contributed by atoms with Gasteiger partial charge in [0, 0.05) is 25.9 Å². The van der Waals surface area contributed by atoms with E-state index in [2.05, 4.69) is 0 Å². The summed E-state index contributed by atoms with van der Waals surface area (Å²) in [6.07, 6.45) is -3.90. The Labute approximate surface area is 151 Å². The quantitative estimate of drug-likeness (QED) is 0.787. The predicted molar refractivity (Wildman–Crippen MR) is 90.1 cm³/mol. The minimum Gasteiger partial charge on any atom is -0.381 e. The lowest BCUT2D eigenvalue weighted by atomic mass is 10.1. The highest BCUT2D eigenvalue weighted by molar-refractivity contribution is 7.92. The zero-order chi connectivity index (χ0) is 18.9. The van der Waals surface area contributed by atoms with Gasteiger partial charge in [-0.15, -0.1) is 0 Å². The molecule has 3 rings (SSSR count). The Bertz CT molecular complexity index is 745. The van der Waals surface area contributed by atoms with Crippen LogP contribution in [0.1, 0.15) is 24.8 Å². The van der Waals surface area contributed by atoms with Crippen molar-refractivity contribution < 1.29 is 31.1 Å². The molecule has 0 amide bonds. The zero-order valence-corrected chi connectivity index (χ0v) is 15.3. The zero-order valence-electron chi connectivity index (χ0n) is 14.5. The molecule has 1 aromatic rings. The smallest absolute Gasteiger partial charge is 0.381 e. The highest BCUT2D eigenvalue weighted by Crippen LogP contribution is 2.40. The third-order valence-corrected chi connectivity index (χ3v) is 7.33. The predicted octanol–water partition coefficient (Wildman–Crippen LogP) is 2.88. The van der Waals surface area contributed by atoms with E-state index in [9.17, 15) is 21.6 Å². The van der Waals surface area contributed by atoms with E-state index in [0.29, 0.717) is 44.8 Å². The Kier molecular flexibility index (Phi) is 5.50. The molecule has 146 valence electrons. The Morgan fingerprint density at radius 2 is 1.88 bits per heavy atom. The van der Waals surface area contributed by atoms with E-state index in [1.165, 1.54) is 13.2 Å². The number of morpholine rings is 1. The lowest BCUT2D eigenvalue weighted by molar-refractivity contribution is -0.139. The summed E-state index contributed by atoms with van der Waals surface area (Å²) < 4.78 is 77.0. The summed E-state index contributed by atoms with van der Waals surface area (Å²) in [5.74, 6) is 0. The van der Waals surface area contributed by atoms with Gasteiger partial charge < -0.3 is 14.4 Å². The van der Waals surface area contributed by atoms with E-state index in [1.807, 2.05) is 0 Å². The summed E-state index contributed by atoms with van der Waals surface area (Å²) in [6.45, 7) is 1.81. The van der Waals surface area contributed by atoms with Crippen molar-refractivity contribution in [2.75, 3.05) is 38.3 Å². The van der Waals surface area contributed by atoms with Gasteiger partial charge in [-0.1, -0.05) is 0 Å². The third-order valence-electron chi connectivity index (χ3n) is 5.06. The third kappa shape index (κ3) is 3.84. The SMILES string of the molecule is CO[C@@H]1CC[C@@H](S(=O)(=O)c2ccc(N3CCOCC3)cc2C(F)(F)F)C1. The van der Waals surface area contributed by atoms with Crippen LogP contribution >= 0.6 is 0 Å². The largest absolute Gasteiger partial charge is 0.417 e. The number of benzene rings is 1. The molecule has 9 heteroatoms. The lowest BCUT2D eigenvalue weighted by Crippen LogP contribution is -2.36. The number of anilines is 1. The average molecular weight is 393 g/mol. The van der Waals surface area contributed by atoms with Crippen LogP contribution in [-0.4, -0.2) is 53.2 Å². The van der Waals surface area contributed by atoms with E-state index in [4.69, 9.17) is 9.47 Å². The number of sulfone groups is 1. The molecule has 1 aromatic carbocycles. The molecule has 0 unspecified atom stereocenters. The number of hydrogen-bond donors (Lipinski definition) is 0. The standard InChI is InChI=1S/C17H22F3NO4S/c1-24-13-3-4-14(11-13)26(22,23)16-5-2-12(10-15(16)17(18,19)20)21-6-8-25-9-7-21/h2,5,10,13-14H,3-4,6-9,11H2,1H3/t13-,14-/m1/s1. The van der Waals surface area contributed by atoms with Gasteiger partial charge in [0.05, 0.1) is 35.0 Å². The highest BCUT2D eigenvalue weighted by atomic mass is 32.2. The number of ether oxygens (including phenoxy) is 2. The summed E-state index contributed by atoms with van der Waals surface area (Å²) >= 11 is 0. The van der Waals surface area contributed by atoms with Crippen LogP contribution in [0.4, 0.5) is 18.9 Å². The van der Waals surface area contributed by atoms with Crippen molar-refractivity contribution in [1.29, 1.82) is 0 Å². The van der Waals surface area contributed by atoms with Gasteiger partial charge in [0.2, 0.25) is 0 Å². The van der Waals surface area contributed by atoms with Gasteiger partial charge in [-0.3, -0.25) is 0 Å². The maximum atomic E-state index is 13.6. The lowest BCUT2D eigenvalue weighted by Gasteiger charge is -2.30. The molecule has 0 aromatic heterocycles. The van der Waals surface area contributed by atoms with Gasteiger partial charge in [0.1, 0.15) is 0 Å². The van der Waals surface area contributed by atoms with Crippen LogP contribution in [0.15, 0.2) is 23.1 Å². The van der Waals surface area contributed by atoms with Crippen molar-refractivity contribution in [3.63, 3.8) is 0 Å². The minimum atomic E-state index is -4.75. The fourth-order valence-electron chi connectivity index (χ4n) is 3.58. The first-order valence-corrected chi connectivity index (χ1v) is 10.1. The highest BCUT2D eigenvalue weighted by Gasteiger charge is 2.42. The van der Waals surface area contributed by atoms with Crippen LogP contribution < -0.4 is 4.90 Å². The normalized spacial score (nSPS) is 24.8. The van der Waals surface area contributed by atoms with E-state index in [-0.39, 0.29) is 12.5 Å². The van der Waals surface area contributed by atoms with Crippen LogP contribution in [0.3, 0.4) is 0 Å². The summed E-state index contributed by atoms with van der Waals surface area (Å²) in [4.78, 5) is 1.13. The Hall–Kier alpha value is -1.32. The van der Waals surface area contributed by atoms with Crippen molar-refractivity contribution in [2.45, 2.75) is 41.7 Å². The second-order valence-corrected chi connectivity index (χ2v) is 8.81. The number of nitrogens with zero attached hydrogens (tertiary/aromatic N) is 1. The Morgan fingerprint density at radius 3 is 2.46 bits per heavy atom. The van der Waals surface area contributed by atoms with Crippen molar-refractivity contribution in [2.24, 2.45) is 0 Å². The van der Waals surface area contributed by atoms with Gasteiger partial charge in [-0.25, -0.2) is 8.42 Å². The molecule has 1 aliphatic heterocycles. The first-order chi connectivity index (χ1) is 12.2. The van der Waals surface area contributed by atoms with E-state index < -0.39 is 31.7 Å². The Balaban J connectivity index is 1.98. The van der Waals surface area contributed by atoms with E-state index >= 15 is 0 Å². The number of hydrogen-bond acceptors (Lipinski definition) is 5.